The fraction of sp³-hybridized carbons (Fsp3) is 0.286. The maximum absolute atomic E-state index is 13.5. The van der Waals surface area contributed by atoms with Crippen LogP contribution >= 0.6 is 23.2 Å². The van der Waals surface area contributed by atoms with Gasteiger partial charge in [-0.1, -0.05) is 59.6 Å². The Morgan fingerprint density at radius 3 is 2.06 bits per heavy atom. The minimum Gasteiger partial charge on any atom is -0.497 e. The van der Waals surface area contributed by atoms with Crippen molar-refractivity contribution in [1.29, 1.82) is 0 Å². The zero-order valence-electron chi connectivity index (χ0n) is 19.5. The molecule has 0 radical (unpaired) electrons. The number of nitrogens with zero attached hydrogens (tertiary/aromatic N) is 1. The second-order valence-electron chi connectivity index (χ2n) is 8.68. The first-order valence-electron chi connectivity index (χ1n) is 11.7. The van der Waals surface area contributed by atoms with Gasteiger partial charge in [-0.25, -0.2) is 0 Å². The molecule has 1 atom stereocenters. The average molecular weight is 511 g/mol. The quantitative estimate of drug-likeness (QED) is 0.364. The van der Waals surface area contributed by atoms with Crippen LogP contribution in [0.25, 0.3) is 0 Å². The zero-order valence-corrected chi connectivity index (χ0v) is 21.1. The number of aryl methyl sites for hydroxylation is 1. The Morgan fingerprint density at radius 2 is 1.49 bits per heavy atom. The number of rotatable bonds is 10. The molecule has 2 amide bonds. The lowest BCUT2D eigenvalue weighted by molar-refractivity contribution is -0.141. The molecular weight excluding hydrogens is 483 g/mol. The van der Waals surface area contributed by atoms with Gasteiger partial charge in [0.25, 0.3) is 0 Å². The van der Waals surface area contributed by atoms with Crippen LogP contribution in [0.1, 0.15) is 42.0 Å². The molecule has 1 aliphatic carbocycles. The highest BCUT2D eigenvalue weighted by atomic mass is 35.5. The van der Waals surface area contributed by atoms with E-state index in [9.17, 15) is 9.59 Å². The molecule has 3 aromatic carbocycles. The molecule has 35 heavy (non-hydrogen) atoms. The van der Waals surface area contributed by atoms with Gasteiger partial charge < -0.3 is 15.0 Å². The van der Waals surface area contributed by atoms with E-state index in [-0.39, 0.29) is 17.9 Å². The Bertz CT molecular complexity index is 1140. The van der Waals surface area contributed by atoms with Crippen molar-refractivity contribution < 1.29 is 14.3 Å². The van der Waals surface area contributed by atoms with Crippen molar-refractivity contribution in [1.82, 2.24) is 10.2 Å². The number of hydrogen-bond donors (Lipinski definition) is 1. The molecule has 3 aromatic rings. The molecule has 7 heteroatoms. The largest absolute Gasteiger partial charge is 0.497 e. The highest BCUT2D eigenvalue weighted by Crippen LogP contribution is 2.36. The summed E-state index contributed by atoms with van der Waals surface area (Å²) in [5.74, 6) is 0.525. The minimum atomic E-state index is -0.726. The topological polar surface area (TPSA) is 58.6 Å². The molecule has 1 unspecified atom stereocenters. The molecule has 1 aliphatic rings. The second-order valence-corrected chi connectivity index (χ2v) is 9.55. The molecule has 182 valence electrons. The Labute approximate surface area is 216 Å². The summed E-state index contributed by atoms with van der Waals surface area (Å²) in [6, 6.07) is 21.5. The number of halogens is 2. The number of benzene rings is 3. The molecular formula is C28H28Cl2N2O3. The SMILES string of the molecule is COc1ccc(CCC(=O)N(C2CC2)C(C(=O)NCc2ccc(Cl)cc2)c2ccc(Cl)cc2)cc1. The summed E-state index contributed by atoms with van der Waals surface area (Å²) >= 11 is 12.1. The molecule has 0 aliphatic heterocycles. The van der Waals surface area contributed by atoms with E-state index in [0.717, 1.165) is 35.3 Å². The maximum atomic E-state index is 13.5. The molecule has 1 N–H and O–H groups in total. The minimum absolute atomic E-state index is 0.0371. The van der Waals surface area contributed by atoms with E-state index >= 15 is 0 Å². The van der Waals surface area contributed by atoms with E-state index in [4.69, 9.17) is 27.9 Å². The van der Waals surface area contributed by atoms with Crippen molar-refractivity contribution >= 4 is 35.0 Å². The highest BCUT2D eigenvalue weighted by Gasteiger charge is 2.40. The normalized spacial score (nSPS) is 13.7. The van der Waals surface area contributed by atoms with Gasteiger partial charge in [-0.05, 0) is 72.4 Å². The lowest BCUT2D eigenvalue weighted by Gasteiger charge is -2.32. The van der Waals surface area contributed by atoms with Crippen LogP contribution in [0.3, 0.4) is 0 Å². The average Bonchev–Trinajstić information content (AvgIpc) is 3.71. The summed E-state index contributed by atoms with van der Waals surface area (Å²) in [4.78, 5) is 28.8. The number of ether oxygens (including phenoxy) is 1. The van der Waals surface area contributed by atoms with Crippen LogP contribution in [0, 0.1) is 0 Å². The molecule has 4 rings (SSSR count). The predicted octanol–water partition coefficient (Wildman–Crippen LogP) is 5.98. The summed E-state index contributed by atoms with van der Waals surface area (Å²) in [5.41, 5.74) is 2.72. The first kappa shape index (κ1) is 25.1. The Hall–Kier alpha value is -3.02. The molecule has 5 nitrogen and oxygen atoms in total. The van der Waals surface area contributed by atoms with Crippen molar-refractivity contribution in [3.63, 3.8) is 0 Å². The Morgan fingerprint density at radius 1 is 0.914 bits per heavy atom. The fourth-order valence-electron chi connectivity index (χ4n) is 4.06. The summed E-state index contributed by atoms with van der Waals surface area (Å²) in [5, 5.41) is 4.23. The van der Waals surface area contributed by atoms with Crippen LogP contribution in [0.4, 0.5) is 0 Å². The van der Waals surface area contributed by atoms with Gasteiger partial charge in [0.05, 0.1) is 7.11 Å². The number of methoxy groups -OCH3 is 1. The van der Waals surface area contributed by atoms with Crippen molar-refractivity contribution in [2.24, 2.45) is 0 Å². The van der Waals surface area contributed by atoms with Gasteiger partial charge in [0.15, 0.2) is 0 Å². The van der Waals surface area contributed by atoms with Crippen molar-refractivity contribution in [2.75, 3.05) is 7.11 Å². The van der Waals surface area contributed by atoms with Crippen molar-refractivity contribution in [3.05, 3.63) is 99.5 Å². The predicted molar refractivity (Wildman–Crippen MR) is 139 cm³/mol. The first-order chi connectivity index (χ1) is 16.9. The van der Waals surface area contributed by atoms with Gasteiger partial charge in [0.2, 0.25) is 11.8 Å². The van der Waals surface area contributed by atoms with Crippen LogP contribution < -0.4 is 10.1 Å². The summed E-state index contributed by atoms with van der Waals surface area (Å²) in [6.45, 7) is 0.346. The third-order valence-corrected chi connectivity index (χ3v) is 6.61. The number of hydrogen-bond acceptors (Lipinski definition) is 3. The molecule has 0 saturated heterocycles. The van der Waals surface area contributed by atoms with E-state index in [1.54, 1.807) is 36.3 Å². The van der Waals surface area contributed by atoms with Gasteiger partial charge >= 0.3 is 0 Å². The van der Waals surface area contributed by atoms with E-state index < -0.39 is 6.04 Å². The molecule has 0 bridgehead atoms. The highest BCUT2D eigenvalue weighted by molar-refractivity contribution is 6.30. The van der Waals surface area contributed by atoms with E-state index in [2.05, 4.69) is 5.32 Å². The second kappa shape index (κ2) is 11.6. The van der Waals surface area contributed by atoms with Gasteiger partial charge in [-0.15, -0.1) is 0 Å². The Balaban J connectivity index is 1.52. The van der Waals surface area contributed by atoms with E-state index in [1.807, 2.05) is 48.5 Å². The van der Waals surface area contributed by atoms with Crippen molar-refractivity contribution in [2.45, 2.75) is 44.3 Å². The molecule has 0 heterocycles. The lowest BCUT2D eigenvalue weighted by Crippen LogP contribution is -2.45. The van der Waals surface area contributed by atoms with E-state index in [0.29, 0.717) is 29.4 Å². The monoisotopic (exact) mass is 510 g/mol. The molecule has 1 saturated carbocycles. The third kappa shape index (κ3) is 6.77. The summed E-state index contributed by atoms with van der Waals surface area (Å²) in [7, 11) is 1.63. The van der Waals surface area contributed by atoms with Crippen LogP contribution in [0.5, 0.6) is 5.75 Å². The van der Waals surface area contributed by atoms with Gasteiger partial charge in [-0.3, -0.25) is 9.59 Å². The van der Waals surface area contributed by atoms with Crippen LogP contribution in [0.15, 0.2) is 72.8 Å². The fourth-order valence-corrected chi connectivity index (χ4v) is 4.31. The number of carbonyl (C=O) groups is 2. The van der Waals surface area contributed by atoms with Gasteiger partial charge in [0.1, 0.15) is 11.8 Å². The maximum Gasteiger partial charge on any atom is 0.247 e. The summed E-state index contributed by atoms with van der Waals surface area (Å²) in [6.07, 6.45) is 2.69. The van der Waals surface area contributed by atoms with E-state index in [1.165, 1.54) is 0 Å². The van der Waals surface area contributed by atoms with Crippen LogP contribution in [-0.4, -0.2) is 29.9 Å². The molecule has 0 aromatic heterocycles. The molecule has 1 fully saturated rings. The van der Waals surface area contributed by atoms with Crippen LogP contribution in [0.2, 0.25) is 10.0 Å². The van der Waals surface area contributed by atoms with Crippen molar-refractivity contribution in [3.8, 4) is 5.75 Å². The van der Waals surface area contributed by atoms with Crippen LogP contribution in [-0.2, 0) is 22.6 Å². The zero-order chi connectivity index (χ0) is 24.8. The van der Waals surface area contributed by atoms with Gasteiger partial charge in [0, 0.05) is 29.1 Å². The standard InChI is InChI=1S/C28H28Cl2N2O3/c1-35-25-15-4-19(5-16-25)6-17-26(33)32(24-13-14-24)27(21-7-11-23(30)12-8-21)28(34)31-18-20-2-9-22(29)10-3-20/h2-5,7-12,15-16,24,27H,6,13-14,17-18H2,1H3,(H,31,34). The summed E-state index contributed by atoms with van der Waals surface area (Å²) < 4.78 is 5.21. The number of amides is 2. The smallest absolute Gasteiger partial charge is 0.247 e. The lowest BCUT2D eigenvalue weighted by atomic mass is 10.0. The number of nitrogens with one attached hydrogen (secondary N) is 1. The third-order valence-electron chi connectivity index (χ3n) is 6.11. The Kier molecular flexibility index (Phi) is 8.32. The van der Waals surface area contributed by atoms with Gasteiger partial charge in [-0.2, -0.15) is 0 Å². The molecule has 0 spiro atoms. The first-order valence-corrected chi connectivity index (χ1v) is 12.4. The number of carbonyl (C=O) groups excluding carboxylic acids is 2.